The van der Waals surface area contributed by atoms with E-state index >= 15 is 0 Å². The highest BCUT2D eigenvalue weighted by Crippen LogP contribution is 2.29. The highest BCUT2D eigenvalue weighted by Gasteiger charge is 2.30. The van der Waals surface area contributed by atoms with E-state index in [1.54, 1.807) is 22.8 Å². The second-order valence-corrected chi connectivity index (χ2v) is 7.69. The summed E-state index contributed by atoms with van der Waals surface area (Å²) in [4.78, 5) is 1.14. The Balaban J connectivity index is 2.24. The van der Waals surface area contributed by atoms with Crippen molar-refractivity contribution in [2.24, 2.45) is 5.73 Å². The van der Waals surface area contributed by atoms with Crippen LogP contribution >= 0.6 is 11.3 Å². The molecule has 0 aliphatic heterocycles. The number of rotatable bonds is 4. The molecule has 2 N–H and O–H groups in total. The van der Waals surface area contributed by atoms with Crippen molar-refractivity contribution < 1.29 is 8.42 Å². The number of hydrogen-bond donors (Lipinski definition) is 1. The van der Waals surface area contributed by atoms with Crippen LogP contribution in [-0.4, -0.2) is 25.8 Å². The largest absolute Gasteiger partial charge is 0.326 e. The summed E-state index contributed by atoms with van der Waals surface area (Å²) in [7, 11) is -1.68. The molecule has 1 aliphatic carbocycles. The summed E-state index contributed by atoms with van der Waals surface area (Å²) in [6.45, 7) is 0.282. The van der Waals surface area contributed by atoms with Gasteiger partial charge in [0.15, 0.2) is 0 Å². The monoisotopic (exact) mass is 288 g/mol. The number of thiophene rings is 1. The highest BCUT2D eigenvalue weighted by atomic mass is 32.2. The predicted octanol–water partition coefficient (Wildman–Crippen LogP) is 2.16. The second-order valence-electron chi connectivity index (χ2n) is 4.73. The Kier molecular flexibility index (Phi) is 4.42. The molecule has 0 spiro atoms. The first-order valence-corrected chi connectivity index (χ1v) is 8.64. The predicted molar refractivity (Wildman–Crippen MR) is 74.0 cm³/mol. The van der Waals surface area contributed by atoms with Crippen LogP contribution in [0.1, 0.15) is 37.0 Å². The molecule has 2 rings (SSSR count). The molecule has 18 heavy (non-hydrogen) atoms. The van der Waals surface area contributed by atoms with Crippen LogP contribution in [0.2, 0.25) is 0 Å². The van der Waals surface area contributed by atoms with E-state index < -0.39 is 10.0 Å². The molecule has 0 aromatic carbocycles. The van der Waals surface area contributed by atoms with Gasteiger partial charge in [0.05, 0.1) is 4.90 Å². The van der Waals surface area contributed by atoms with Gasteiger partial charge in [-0.2, -0.15) is 4.31 Å². The van der Waals surface area contributed by atoms with Gasteiger partial charge in [-0.05, 0) is 24.3 Å². The first kappa shape index (κ1) is 14.0. The van der Waals surface area contributed by atoms with Gasteiger partial charge in [-0.15, -0.1) is 11.3 Å². The molecular weight excluding hydrogens is 268 g/mol. The van der Waals surface area contributed by atoms with Crippen LogP contribution in [0.25, 0.3) is 0 Å². The maximum atomic E-state index is 12.5. The lowest BCUT2D eigenvalue weighted by Crippen LogP contribution is -2.38. The van der Waals surface area contributed by atoms with Crippen molar-refractivity contribution in [1.29, 1.82) is 0 Å². The minimum atomic E-state index is -3.37. The van der Waals surface area contributed by atoms with E-state index in [0.29, 0.717) is 4.90 Å². The zero-order chi connectivity index (χ0) is 13.2. The Morgan fingerprint density at radius 1 is 1.39 bits per heavy atom. The molecule has 0 saturated heterocycles. The molecule has 0 amide bonds. The summed E-state index contributed by atoms with van der Waals surface area (Å²) < 4.78 is 26.6. The number of nitrogens with zero attached hydrogens (tertiary/aromatic N) is 1. The van der Waals surface area contributed by atoms with Gasteiger partial charge in [0.2, 0.25) is 10.0 Å². The molecule has 102 valence electrons. The summed E-state index contributed by atoms with van der Waals surface area (Å²) in [5.74, 6) is 0. The van der Waals surface area contributed by atoms with E-state index in [-0.39, 0.29) is 12.6 Å². The van der Waals surface area contributed by atoms with Gasteiger partial charge in [0.25, 0.3) is 0 Å². The third-order valence-corrected chi connectivity index (χ3v) is 6.70. The van der Waals surface area contributed by atoms with Gasteiger partial charge in [0.1, 0.15) is 0 Å². The second kappa shape index (κ2) is 5.69. The Hall–Kier alpha value is -0.430. The van der Waals surface area contributed by atoms with Crippen LogP contribution in [0.4, 0.5) is 0 Å². The van der Waals surface area contributed by atoms with Gasteiger partial charge < -0.3 is 5.73 Å². The maximum absolute atomic E-state index is 12.5. The molecule has 0 bridgehead atoms. The minimum Gasteiger partial charge on any atom is -0.326 e. The van der Waals surface area contributed by atoms with Crippen molar-refractivity contribution in [3.05, 3.63) is 16.3 Å². The SMILES string of the molecule is CN(C1CCCCC1)S(=O)(=O)c1ccsc1CN. The molecule has 4 nitrogen and oxygen atoms in total. The zero-order valence-electron chi connectivity index (χ0n) is 10.6. The van der Waals surface area contributed by atoms with E-state index in [1.807, 2.05) is 0 Å². The van der Waals surface area contributed by atoms with Crippen molar-refractivity contribution >= 4 is 21.4 Å². The fraction of sp³-hybridized carbons (Fsp3) is 0.667. The molecule has 0 atom stereocenters. The van der Waals surface area contributed by atoms with Crippen molar-refractivity contribution in [2.45, 2.75) is 49.6 Å². The van der Waals surface area contributed by atoms with E-state index in [9.17, 15) is 8.42 Å². The molecule has 0 unspecified atom stereocenters. The summed E-state index contributed by atoms with van der Waals surface area (Å²) in [6.07, 6.45) is 5.41. The summed E-state index contributed by atoms with van der Waals surface area (Å²) in [5.41, 5.74) is 5.60. The van der Waals surface area contributed by atoms with E-state index in [4.69, 9.17) is 5.73 Å². The lowest BCUT2D eigenvalue weighted by molar-refractivity contribution is 0.286. The molecule has 6 heteroatoms. The summed E-state index contributed by atoms with van der Waals surface area (Å²) in [6, 6.07) is 1.82. The first-order valence-electron chi connectivity index (χ1n) is 6.32. The fourth-order valence-corrected chi connectivity index (χ4v) is 5.22. The number of hydrogen-bond acceptors (Lipinski definition) is 4. The maximum Gasteiger partial charge on any atom is 0.244 e. The molecule has 1 aromatic rings. The van der Waals surface area contributed by atoms with Crippen LogP contribution in [0.5, 0.6) is 0 Å². The van der Waals surface area contributed by atoms with Crippen LogP contribution in [-0.2, 0) is 16.6 Å². The quantitative estimate of drug-likeness (QED) is 0.923. The third kappa shape index (κ3) is 2.61. The number of nitrogens with two attached hydrogens (primary N) is 1. The molecule has 1 fully saturated rings. The van der Waals surface area contributed by atoms with Crippen molar-refractivity contribution in [2.75, 3.05) is 7.05 Å². The van der Waals surface area contributed by atoms with Crippen molar-refractivity contribution in [1.82, 2.24) is 4.31 Å². The van der Waals surface area contributed by atoms with E-state index in [1.165, 1.54) is 17.8 Å². The Bertz CT molecular complexity index is 490. The van der Waals surface area contributed by atoms with E-state index in [2.05, 4.69) is 0 Å². The molecular formula is C12H20N2O2S2. The van der Waals surface area contributed by atoms with Gasteiger partial charge in [-0.3, -0.25) is 0 Å². The summed E-state index contributed by atoms with van der Waals surface area (Å²) in [5, 5.41) is 1.80. The highest BCUT2D eigenvalue weighted by molar-refractivity contribution is 7.89. The third-order valence-electron chi connectivity index (χ3n) is 3.64. The Morgan fingerprint density at radius 2 is 2.06 bits per heavy atom. The Labute approximate surface area is 113 Å². The smallest absolute Gasteiger partial charge is 0.244 e. The zero-order valence-corrected chi connectivity index (χ0v) is 12.3. The summed E-state index contributed by atoms with van der Waals surface area (Å²) >= 11 is 1.41. The first-order chi connectivity index (χ1) is 8.57. The fourth-order valence-electron chi connectivity index (χ4n) is 2.50. The average molecular weight is 288 g/mol. The molecule has 1 aromatic heterocycles. The Morgan fingerprint density at radius 3 is 2.67 bits per heavy atom. The molecule has 0 radical (unpaired) electrons. The van der Waals surface area contributed by atoms with Gasteiger partial charge >= 0.3 is 0 Å². The normalized spacial score (nSPS) is 18.4. The van der Waals surface area contributed by atoms with Crippen molar-refractivity contribution in [3.63, 3.8) is 0 Å². The van der Waals surface area contributed by atoms with Gasteiger partial charge in [0, 0.05) is 24.5 Å². The van der Waals surface area contributed by atoms with Crippen LogP contribution in [0.15, 0.2) is 16.3 Å². The number of sulfonamides is 1. The van der Waals surface area contributed by atoms with Crippen LogP contribution in [0, 0.1) is 0 Å². The van der Waals surface area contributed by atoms with Crippen LogP contribution < -0.4 is 5.73 Å². The van der Waals surface area contributed by atoms with E-state index in [0.717, 1.165) is 30.6 Å². The van der Waals surface area contributed by atoms with Gasteiger partial charge in [-0.1, -0.05) is 19.3 Å². The standard InChI is InChI=1S/C12H20N2O2S2/c1-14(10-5-3-2-4-6-10)18(15,16)12-7-8-17-11(12)9-13/h7-8,10H,2-6,9,13H2,1H3. The lowest BCUT2D eigenvalue weighted by Gasteiger charge is -2.30. The van der Waals surface area contributed by atoms with Crippen LogP contribution in [0.3, 0.4) is 0 Å². The molecule has 1 aliphatic rings. The molecule has 1 heterocycles. The average Bonchev–Trinajstić information content (AvgIpc) is 2.88. The molecule has 1 saturated carbocycles. The van der Waals surface area contributed by atoms with Gasteiger partial charge in [-0.25, -0.2) is 8.42 Å². The lowest BCUT2D eigenvalue weighted by atomic mass is 9.96. The minimum absolute atomic E-state index is 0.147. The topological polar surface area (TPSA) is 63.4 Å². The van der Waals surface area contributed by atoms with Crippen molar-refractivity contribution in [3.8, 4) is 0 Å².